The quantitative estimate of drug-likeness (QED) is 0.200. The average Bonchev–Trinajstić information content (AvgIpc) is 3.50. The first-order valence-electron chi connectivity index (χ1n) is 13.8. The van der Waals surface area contributed by atoms with Crippen LogP contribution in [0.2, 0.25) is 0 Å². The molecule has 37 heavy (non-hydrogen) atoms. The summed E-state index contributed by atoms with van der Waals surface area (Å²) in [5.41, 5.74) is 7.77. The zero-order chi connectivity index (χ0) is 25.2. The first-order chi connectivity index (χ1) is 18.3. The van der Waals surface area contributed by atoms with E-state index in [0.717, 1.165) is 18.6 Å². The molecule has 3 aromatic carbocycles. The van der Waals surface area contributed by atoms with Crippen LogP contribution in [0.5, 0.6) is 0 Å². The molecule has 0 atom stereocenters. The Kier molecular flexibility index (Phi) is 6.53. The van der Waals surface area contributed by atoms with Gasteiger partial charge in [0.1, 0.15) is 0 Å². The van der Waals surface area contributed by atoms with Crippen molar-refractivity contribution in [3.8, 4) is 0 Å². The van der Waals surface area contributed by atoms with E-state index >= 15 is 0 Å². The van der Waals surface area contributed by atoms with E-state index in [1.165, 1.54) is 69.6 Å². The van der Waals surface area contributed by atoms with Crippen molar-refractivity contribution in [2.45, 2.75) is 58.5 Å². The van der Waals surface area contributed by atoms with Crippen LogP contribution in [-0.4, -0.2) is 14.1 Å². The van der Waals surface area contributed by atoms with Gasteiger partial charge in [0.05, 0.1) is 5.52 Å². The van der Waals surface area contributed by atoms with E-state index in [2.05, 4.69) is 114 Å². The molecule has 0 fully saturated rings. The maximum Gasteiger partial charge on any atom is 0.0705 e. The van der Waals surface area contributed by atoms with Crippen molar-refractivity contribution in [2.75, 3.05) is 0 Å². The predicted octanol–water partition coefficient (Wildman–Crippen LogP) is 8.92. The Balaban J connectivity index is 1.66. The highest BCUT2D eigenvalue weighted by atomic mass is 15.0. The van der Waals surface area contributed by atoms with E-state index in [0.29, 0.717) is 0 Å². The molecule has 6 rings (SSSR count). The van der Waals surface area contributed by atoms with Crippen molar-refractivity contribution in [2.24, 2.45) is 0 Å². The SMILES string of the molecule is CCCCn1cc(C(c2ccnc3ccccc23)c2cn(CCCC)c3ccccc23)c2ccccc21. The second-order valence-electron chi connectivity index (χ2n) is 10.1. The number of nitrogens with zero attached hydrogens (tertiary/aromatic N) is 3. The molecule has 0 amide bonds. The van der Waals surface area contributed by atoms with E-state index in [1.807, 2.05) is 6.20 Å². The van der Waals surface area contributed by atoms with E-state index in [1.54, 1.807) is 0 Å². The highest BCUT2D eigenvalue weighted by Gasteiger charge is 2.26. The summed E-state index contributed by atoms with van der Waals surface area (Å²) in [6.45, 7) is 6.62. The average molecular weight is 486 g/mol. The fourth-order valence-electron chi connectivity index (χ4n) is 5.91. The third-order valence-corrected chi connectivity index (χ3v) is 7.76. The molecule has 3 heterocycles. The van der Waals surface area contributed by atoms with Crippen molar-refractivity contribution in [3.05, 3.63) is 114 Å². The Labute approximate surface area is 219 Å². The summed E-state index contributed by atoms with van der Waals surface area (Å²) in [5.74, 6) is 0.105. The third kappa shape index (κ3) is 4.23. The lowest BCUT2D eigenvalue weighted by Gasteiger charge is -2.19. The van der Waals surface area contributed by atoms with Gasteiger partial charge < -0.3 is 9.13 Å². The molecule has 0 aliphatic heterocycles. The second kappa shape index (κ2) is 10.3. The molecule has 0 spiro atoms. The molecule has 0 radical (unpaired) electrons. The fraction of sp³-hybridized carbons (Fsp3) is 0.265. The Morgan fingerprint density at radius 2 is 1.11 bits per heavy atom. The summed E-state index contributed by atoms with van der Waals surface area (Å²) in [6.07, 6.45) is 11.6. The standard InChI is InChI=1S/C34H35N3/c1-3-5-21-36-23-29(26-14-8-11-17-32(26)36)34(28-19-20-35-31-16-10-7-13-25(28)31)30-24-37(22-6-4-2)33-18-12-9-15-27(30)33/h7-20,23-24,34H,3-6,21-22H2,1-2H3. The van der Waals surface area contributed by atoms with Gasteiger partial charge in [-0.25, -0.2) is 0 Å². The van der Waals surface area contributed by atoms with Gasteiger partial charge in [-0.05, 0) is 53.8 Å². The van der Waals surface area contributed by atoms with E-state index in [9.17, 15) is 0 Å². The van der Waals surface area contributed by atoms with E-state index < -0.39 is 0 Å². The molecule has 0 saturated carbocycles. The van der Waals surface area contributed by atoms with Crippen LogP contribution in [0.4, 0.5) is 0 Å². The smallest absolute Gasteiger partial charge is 0.0705 e. The van der Waals surface area contributed by atoms with Crippen LogP contribution >= 0.6 is 0 Å². The minimum absolute atomic E-state index is 0.105. The van der Waals surface area contributed by atoms with Crippen LogP contribution in [0, 0.1) is 0 Å². The van der Waals surface area contributed by atoms with E-state index in [4.69, 9.17) is 4.98 Å². The Morgan fingerprint density at radius 3 is 1.68 bits per heavy atom. The summed E-state index contributed by atoms with van der Waals surface area (Å²) in [6, 6.07) is 28.7. The molecule has 0 aliphatic carbocycles. The Morgan fingerprint density at radius 1 is 0.595 bits per heavy atom. The maximum absolute atomic E-state index is 4.72. The number of pyridine rings is 1. The highest BCUT2D eigenvalue weighted by Crippen LogP contribution is 2.43. The van der Waals surface area contributed by atoms with Crippen molar-refractivity contribution in [3.63, 3.8) is 0 Å². The van der Waals surface area contributed by atoms with Crippen molar-refractivity contribution >= 4 is 32.7 Å². The minimum atomic E-state index is 0.105. The minimum Gasteiger partial charge on any atom is -0.347 e. The normalized spacial score (nSPS) is 11.9. The van der Waals surface area contributed by atoms with Crippen LogP contribution < -0.4 is 0 Å². The van der Waals surface area contributed by atoms with Crippen LogP contribution in [-0.2, 0) is 13.1 Å². The van der Waals surface area contributed by atoms with Crippen LogP contribution in [0.25, 0.3) is 32.7 Å². The van der Waals surface area contributed by atoms with Gasteiger partial charge in [0.15, 0.2) is 0 Å². The zero-order valence-corrected chi connectivity index (χ0v) is 21.9. The molecular weight excluding hydrogens is 450 g/mol. The molecule has 0 aliphatic rings. The summed E-state index contributed by atoms with van der Waals surface area (Å²) in [4.78, 5) is 4.72. The topological polar surface area (TPSA) is 22.8 Å². The largest absolute Gasteiger partial charge is 0.347 e. The number of aryl methyl sites for hydroxylation is 2. The number of rotatable bonds is 9. The van der Waals surface area contributed by atoms with Gasteiger partial charge in [0.2, 0.25) is 0 Å². The number of benzene rings is 3. The lowest BCUT2D eigenvalue weighted by atomic mass is 9.83. The van der Waals surface area contributed by atoms with Crippen molar-refractivity contribution in [1.29, 1.82) is 0 Å². The molecule has 3 heteroatoms. The predicted molar refractivity (Wildman–Crippen MR) is 156 cm³/mol. The summed E-state index contributed by atoms with van der Waals surface area (Å²) in [5, 5.41) is 3.91. The van der Waals surface area contributed by atoms with Gasteiger partial charge >= 0.3 is 0 Å². The number of hydrogen-bond donors (Lipinski definition) is 0. The third-order valence-electron chi connectivity index (χ3n) is 7.76. The lowest BCUT2D eigenvalue weighted by Crippen LogP contribution is -2.05. The Bertz CT molecular complexity index is 1580. The first kappa shape index (κ1) is 23.5. The Hall–Kier alpha value is -3.85. The molecular formula is C34H35N3. The molecule has 0 bridgehead atoms. The van der Waals surface area contributed by atoms with E-state index in [-0.39, 0.29) is 5.92 Å². The van der Waals surface area contributed by atoms with Crippen LogP contribution in [0.3, 0.4) is 0 Å². The molecule has 3 aromatic heterocycles. The summed E-state index contributed by atoms with van der Waals surface area (Å²) < 4.78 is 4.95. The van der Waals surface area contributed by atoms with Gasteiger partial charge in [0.25, 0.3) is 0 Å². The van der Waals surface area contributed by atoms with Crippen molar-refractivity contribution < 1.29 is 0 Å². The van der Waals surface area contributed by atoms with Gasteiger partial charge in [-0.2, -0.15) is 0 Å². The first-order valence-corrected chi connectivity index (χ1v) is 13.8. The van der Waals surface area contributed by atoms with Gasteiger partial charge in [-0.15, -0.1) is 0 Å². The lowest BCUT2D eigenvalue weighted by molar-refractivity contribution is 0.645. The molecule has 3 nitrogen and oxygen atoms in total. The molecule has 186 valence electrons. The number of para-hydroxylation sites is 3. The van der Waals surface area contributed by atoms with Crippen LogP contribution in [0.1, 0.15) is 62.1 Å². The number of unbranched alkanes of at least 4 members (excludes halogenated alkanes) is 2. The molecule has 0 unspecified atom stereocenters. The number of aromatic nitrogens is 3. The molecule has 6 aromatic rings. The number of hydrogen-bond acceptors (Lipinski definition) is 1. The monoisotopic (exact) mass is 485 g/mol. The molecule has 0 saturated heterocycles. The van der Waals surface area contributed by atoms with Gasteiger partial charge in [-0.1, -0.05) is 81.3 Å². The number of fused-ring (bicyclic) bond motifs is 3. The molecule has 0 N–H and O–H groups in total. The summed E-state index contributed by atoms with van der Waals surface area (Å²) in [7, 11) is 0. The zero-order valence-electron chi connectivity index (χ0n) is 21.9. The fourth-order valence-corrected chi connectivity index (χ4v) is 5.91. The highest BCUT2D eigenvalue weighted by molar-refractivity contribution is 5.92. The summed E-state index contributed by atoms with van der Waals surface area (Å²) >= 11 is 0. The van der Waals surface area contributed by atoms with Gasteiger partial charge in [-0.3, -0.25) is 4.98 Å². The maximum atomic E-state index is 4.72. The second-order valence-corrected chi connectivity index (χ2v) is 10.1. The van der Waals surface area contributed by atoms with Crippen LogP contribution in [0.15, 0.2) is 97.5 Å². The van der Waals surface area contributed by atoms with Gasteiger partial charge in [0, 0.05) is 64.8 Å². The van der Waals surface area contributed by atoms with Crippen molar-refractivity contribution in [1.82, 2.24) is 14.1 Å².